The molecule has 0 aromatic carbocycles. The van der Waals surface area contributed by atoms with Crippen molar-refractivity contribution in [3.05, 3.63) is 29.6 Å². The minimum Gasteiger partial charge on any atom is -0.387 e. The molecule has 1 amide bonds. The van der Waals surface area contributed by atoms with Crippen molar-refractivity contribution in [1.29, 1.82) is 0 Å². The maximum absolute atomic E-state index is 11.7. The minimum atomic E-state index is -0.737. The maximum atomic E-state index is 11.7. The lowest BCUT2D eigenvalue weighted by molar-refractivity contribution is 0.0935. The van der Waals surface area contributed by atoms with Gasteiger partial charge in [0, 0.05) is 12.2 Å². The minimum absolute atomic E-state index is 0.0690. The van der Waals surface area contributed by atoms with Crippen molar-refractivity contribution in [1.82, 2.24) is 10.3 Å². The summed E-state index contributed by atoms with van der Waals surface area (Å²) in [6, 6.07) is 3.41. The fourth-order valence-corrected chi connectivity index (χ4v) is 1.28. The van der Waals surface area contributed by atoms with Crippen molar-refractivity contribution in [3.63, 3.8) is 0 Å². The van der Waals surface area contributed by atoms with E-state index in [9.17, 15) is 9.90 Å². The zero-order chi connectivity index (χ0) is 11.4. The van der Waals surface area contributed by atoms with E-state index in [1.807, 2.05) is 13.8 Å². The van der Waals surface area contributed by atoms with Gasteiger partial charge < -0.3 is 10.4 Å². The molecule has 1 rings (SSSR count). The molecule has 1 heterocycles. The Morgan fingerprint density at radius 1 is 1.47 bits per heavy atom. The van der Waals surface area contributed by atoms with E-state index in [0.29, 0.717) is 11.3 Å². The summed E-state index contributed by atoms with van der Waals surface area (Å²) in [6.45, 7) is 5.36. The van der Waals surface area contributed by atoms with Crippen LogP contribution in [0.5, 0.6) is 0 Å². The van der Waals surface area contributed by atoms with Crippen LogP contribution >= 0.6 is 0 Å². The first-order valence-electron chi connectivity index (χ1n) is 4.96. The average molecular weight is 208 g/mol. The Labute approximate surface area is 89.3 Å². The van der Waals surface area contributed by atoms with Gasteiger partial charge in [-0.15, -0.1) is 0 Å². The lowest BCUT2D eigenvalue weighted by atomic mass is 10.1. The molecule has 0 saturated carbocycles. The Bertz CT molecular complexity index is 348. The largest absolute Gasteiger partial charge is 0.387 e. The van der Waals surface area contributed by atoms with Gasteiger partial charge in [-0.25, -0.2) is 0 Å². The van der Waals surface area contributed by atoms with Gasteiger partial charge >= 0.3 is 0 Å². The fourth-order valence-electron chi connectivity index (χ4n) is 1.28. The molecule has 1 aromatic rings. The molecule has 2 N–H and O–H groups in total. The number of aliphatic hydroxyl groups is 1. The highest BCUT2D eigenvalue weighted by Crippen LogP contribution is 2.14. The molecule has 0 bridgehead atoms. The van der Waals surface area contributed by atoms with E-state index in [2.05, 4.69) is 10.3 Å². The Kier molecular flexibility index (Phi) is 3.80. The van der Waals surface area contributed by atoms with Crippen LogP contribution in [0.25, 0.3) is 0 Å². The molecule has 1 unspecified atom stereocenters. The molecule has 1 aromatic heterocycles. The molecular weight excluding hydrogens is 192 g/mol. The van der Waals surface area contributed by atoms with Crippen molar-refractivity contribution in [2.75, 3.05) is 0 Å². The Morgan fingerprint density at radius 3 is 2.67 bits per heavy atom. The highest BCUT2D eigenvalue weighted by Gasteiger charge is 2.15. The van der Waals surface area contributed by atoms with E-state index in [1.165, 1.54) is 0 Å². The summed E-state index contributed by atoms with van der Waals surface area (Å²) in [4.78, 5) is 15.7. The predicted octanol–water partition coefficient (Wildman–Crippen LogP) is 1.27. The summed E-state index contributed by atoms with van der Waals surface area (Å²) < 4.78 is 0. The molecule has 0 saturated heterocycles. The standard InChI is InChI=1S/C11H16N2O2/c1-7(2)13-11(15)9-5-4-6-12-10(9)8(3)14/h4-8,14H,1-3H3,(H,13,15). The highest BCUT2D eigenvalue weighted by molar-refractivity contribution is 5.95. The number of rotatable bonds is 3. The van der Waals surface area contributed by atoms with Gasteiger partial charge in [-0.2, -0.15) is 0 Å². The van der Waals surface area contributed by atoms with Gasteiger partial charge in [0.15, 0.2) is 0 Å². The smallest absolute Gasteiger partial charge is 0.253 e. The van der Waals surface area contributed by atoms with Crippen molar-refractivity contribution < 1.29 is 9.90 Å². The van der Waals surface area contributed by atoms with Gasteiger partial charge in [0.1, 0.15) is 0 Å². The lowest BCUT2D eigenvalue weighted by Crippen LogP contribution is -2.31. The first-order valence-corrected chi connectivity index (χ1v) is 4.96. The summed E-state index contributed by atoms with van der Waals surface area (Å²) in [6.07, 6.45) is 0.827. The van der Waals surface area contributed by atoms with Gasteiger partial charge in [0.05, 0.1) is 17.4 Å². The monoisotopic (exact) mass is 208 g/mol. The van der Waals surface area contributed by atoms with Crippen LogP contribution in [0, 0.1) is 0 Å². The van der Waals surface area contributed by atoms with Crippen LogP contribution in [0.4, 0.5) is 0 Å². The topological polar surface area (TPSA) is 62.2 Å². The van der Waals surface area contributed by atoms with E-state index in [0.717, 1.165) is 0 Å². The summed E-state index contributed by atoms with van der Waals surface area (Å²) in [5.41, 5.74) is 0.844. The third-order valence-corrected chi connectivity index (χ3v) is 1.90. The number of carbonyl (C=O) groups is 1. The summed E-state index contributed by atoms with van der Waals surface area (Å²) in [5.74, 6) is -0.200. The lowest BCUT2D eigenvalue weighted by Gasteiger charge is -2.12. The van der Waals surface area contributed by atoms with Crippen LogP contribution < -0.4 is 5.32 Å². The van der Waals surface area contributed by atoms with E-state index >= 15 is 0 Å². The van der Waals surface area contributed by atoms with Crippen molar-refractivity contribution in [2.45, 2.75) is 32.9 Å². The van der Waals surface area contributed by atoms with Gasteiger partial charge in [-0.1, -0.05) is 0 Å². The Morgan fingerprint density at radius 2 is 2.13 bits per heavy atom. The van der Waals surface area contributed by atoms with Crippen molar-refractivity contribution >= 4 is 5.91 Å². The third kappa shape index (κ3) is 3.02. The molecular formula is C11H16N2O2. The summed E-state index contributed by atoms with van der Waals surface area (Å²) in [5, 5.41) is 12.2. The normalized spacial score (nSPS) is 12.6. The Hall–Kier alpha value is -1.42. The number of aromatic nitrogens is 1. The van der Waals surface area contributed by atoms with Gasteiger partial charge in [-0.05, 0) is 32.9 Å². The zero-order valence-electron chi connectivity index (χ0n) is 9.19. The molecule has 4 nitrogen and oxygen atoms in total. The van der Waals surface area contributed by atoms with Crippen LogP contribution in [0.3, 0.4) is 0 Å². The van der Waals surface area contributed by atoms with Crippen molar-refractivity contribution in [3.8, 4) is 0 Å². The molecule has 0 radical (unpaired) electrons. The molecule has 1 atom stereocenters. The molecule has 0 spiro atoms. The number of nitrogens with one attached hydrogen (secondary N) is 1. The molecule has 0 aliphatic carbocycles. The van der Waals surface area contributed by atoms with Crippen LogP contribution in [0.1, 0.15) is 42.9 Å². The summed E-state index contributed by atoms with van der Waals surface area (Å²) in [7, 11) is 0. The molecule has 82 valence electrons. The van der Waals surface area contributed by atoms with E-state index < -0.39 is 6.10 Å². The van der Waals surface area contributed by atoms with E-state index in [4.69, 9.17) is 0 Å². The average Bonchev–Trinajstić information content (AvgIpc) is 2.16. The van der Waals surface area contributed by atoms with Crippen LogP contribution in [0.15, 0.2) is 18.3 Å². The van der Waals surface area contributed by atoms with Gasteiger partial charge in [0.2, 0.25) is 0 Å². The van der Waals surface area contributed by atoms with Crippen LogP contribution in [-0.4, -0.2) is 22.0 Å². The van der Waals surface area contributed by atoms with Crippen LogP contribution in [-0.2, 0) is 0 Å². The molecule has 4 heteroatoms. The van der Waals surface area contributed by atoms with Crippen LogP contribution in [0.2, 0.25) is 0 Å². The second-order valence-electron chi connectivity index (χ2n) is 3.74. The second kappa shape index (κ2) is 4.89. The predicted molar refractivity (Wildman–Crippen MR) is 57.5 cm³/mol. The second-order valence-corrected chi connectivity index (χ2v) is 3.74. The number of aliphatic hydroxyl groups excluding tert-OH is 1. The number of hydrogen-bond acceptors (Lipinski definition) is 3. The Balaban J connectivity index is 2.97. The fraction of sp³-hybridized carbons (Fsp3) is 0.455. The first kappa shape index (κ1) is 11.7. The molecule has 0 fully saturated rings. The SMILES string of the molecule is CC(C)NC(=O)c1cccnc1C(C)O. The number of carbonyl (C=O) groups excluding carboxylic acids is 1. The first-order chi connectivity index (χ1) is 7.02. The third-order valence-electron chi connectivity index (χ3n) is 1.90. The summed E-state index contributed by atoms with van der Waals surface area (Å²) >= 11 is 0. The highest BCUT2D eigenvalue weighted by atomic mass is 16.3. The van der Waals surface area contributed by atoms with E-state index in [1.54, 1.807) is 25.3 Å². The number of nitrogens with zero attached hydrogens (tertiary/aromatic N) is 1. The van der Waals surface area contributed by atoms with Gasteiger partial charge in [-0.3, -0.25) is 9.78 Å². The van der Waals surface area contributed by atoms with Gasteiger partial charge in [0.25, 0.3) is 5.91 Å². The van der Waals surface area contributed by atoms with Crippen molar-refractivity contribution in [2.24, 2.45) is 0 Å². The van der Waals surface area contributed by atoms with E-state index in [-0.39, 0.29) is 11.9 Å². The molecule has 0 aliphatic heterocycles. The zero-order valence-corrected chi connectivity index (χ0v) is 9.19. The number of amides is 1. The number of hydrogen-bond donors (Lipinski definition) is 2. The molecule has 15 heavy (non-hydrogen) atoms. The maximum Gasteiger partial charge on any atom is 0.253 e. The number of pyridine rings is 1. The molecule has 0 aliphatic rings. The quantitative estimate of drug-likeness (QED) is 0.786.